The highest BCUT2D eigenvalue weighted by atomic mass is 35.5. The number of para-hydroxylation sites is 1. The van der Waals surface area contributed by atoms with Crippen molar-refractivity contribution in [1.29, 1.82) is 0 Å². The van der Waals surface area contributed by atoms with Crippen LogP contribution >= 0.6 is 12.4 Å². The van der Waals surface area contributed by atoms with E-state index < -0.39 is 5.91 Å². The zero-order valence-electron chi connectivity index (χ0n) is 9.64. The summed E-state index contributed by atoms with van der Waals surface area (Å²) < 4.78 is 5.52. The largest absolute Gasteiger partial charge is 0.423 e. The first-order valence-corrected chi connectivity index (χ1v) is 5.04. The first kappa shape index (κ1) is 13.3. The number of halogens is 1. The van der Waals surface area contributed by atoms with Gasteiger partial charge in [-0.15, -0.1) is 12.4 Å². The van der Waals surface area contributed by atoms with Crippen LogP contribution in [0, 0.1) is 0 Å². The first-order valence-electron chi connectivity index (χ1n) is 5.04. The molecule has 0 bridgehead atoms. The summed E-state index contributed by atoms with van der Waals surface area (Å²) >= 11 is 0. The molecule has 0 saturated heterocycles. The summed E-state index contributed by atoms with van der Waals surface area (Å²) in [6.07, 6.45) is 0. The molecule has 1 aromatic carbocycles. The fraction of sp³-hybridized carbons (Fsp3) is 0.273. The highest BCUT2D eigenvalue weighted by molar-refractivity contribution is 6.03. The van der Waals surface area contributed by atoms with Crippen molar-refractivity contribution >= 4 is 35.4 Å². The number of amides is 1. The lowest BCUT2D eigenvalue weighted by molar-refractivity contribution is 0.100. The van der Waals surface area contributed by atoms with Gasteiger partial charge in [-0.1, -0.05) is 6.07 Å². The van der Waals surface area contributed by atoms with Crippen LogP contribution in [0.5, 0.6) is 0 Å². The molecule has 0 spiro atoms. The van der Waals surface area contributed by atoms with Gasteiger partial charge in [-0.3, -0.25) is 4.79 Å². The SMILES string of the molecule is CCN(C)c1nc2c(C(N)=O)cccc2o1.Cl. The van der Waals surface area contributed by atoms with Crippen molar-refractivity contribution in [3.63, 3.8) is 0 Å². The number of fused-ring (bicyclic) bond motifs is 1. The number of benzene rings is 1. The second kappa shape index (κ2) is 5.05. The van der Waals surface area contributed by atoms with Crippen LogP contribution in [0.1, 0.15) is 17.3 Å². The second-order valence-corrected chi connectivity index (χ2v) is 3.53. The van der Waals surface area contributed by atoms with Crippen LogP contribution in [0.3, 0.4) is 0 Å². The van der Waals surface area contributed by atoms with Gasteiger partial charge in [0.05, 0.1) is 5.56 Å². The molecule has 6 heteroatoms. The van der Waals surface area contributed by atoms with Crippen molar-refractivity contribution in [2.24, 2.45) is 5.73 Å². The van der Waals surface area contributed by atoms with Crippen LogP contribution in [0.4, 0.5) is 6.01 Å². The highest BCUT2D eigenvalue weighted by Gasteiger charge is 2.14. The molecule has 0 aliphatic rings. The zero-order chi connectivity index (χ0) is 11.7. The number of rotatable bonds is 3. The highest BCUT2D eigenvalue weighted by Crippen LogP contribution is 2.23. The minimum Gasteiger partial charge on any atom is -0.423 e. The van der Waals surface area contributed by atoms with Crippen molar-refractivity contribution < 1.29 is 9.21 Å². The summed E-state index contributed by atoms with van der Waals surface area (Å²) in [7, 11) is 1.87. The third-order valence-electron chi connectivity index (χ3n) is 2.47. The molecule has 0 aliphatic carbocycles. The number of oxazole rings is 1. The van der Waals surface area contributed by atoms with E-state index in [2.05, 4.69) is 4.98 Å². The molecule has 17 heavy (non-hydrogen) atoms. The van der Waals surface area contributed by atoms with Gasteiger partial charge in [0.15, 0.2) is 5.58 Å². The van der Waals surface area contributed by atoms with Crippen molar-refractivity contribution in [2.45, 2.75) is 6.92 Å². The normalized spacial score (nSPS) is 10.0. The van der Waals surface area contributed by atoms with Crippen molar-refractivity contribution in [3.8, 4) is 0 Å². The fourth-order valence-electron chi connectivity index (χ4n) is 1.43. The molecule has 5 nitrogen and oxygen atoms in total. The van der Waals surface area contributed by atoms with Crippen LogP contribution < -0.4 is 10.6 Å². The molecule has 2 rings (SSSR count). The van der Waals surface area contributed by atoms with E-state index in [0.717, 1.165) is 6.54 Å². The average molecular weight is 256 g/mol. The Bertz CT molecular complexity index is 538. The number of nitrogens with zero attached hydrogens (tertiary/aromatic N) is 2. The third kappa shape index (κ3) is 2.34. The number of aromatic nitrogens is 1. The maximum Gasteiger partial charge on any atom is 0.298 e. The molecule has 0 radical (unpaired) electrons. The van der Waals surface area contributed by atoms with E-state index in [1.807, 2.05) is 18.9 Å². The predicted molar refractivity (Wildman–Crippen MR) is 68.7 cm³/mol. The lowest BCUT2D eigenvalue weighted by Gasteiger charge is -2.09. The lowest BCUT2D eigenvalue weighted by Crippen LogP contribution is -2.16. The smallest absolute Gasteiger partial charge is 0.298 e. The van der Waals surface area contributed by atoms with Crippen molar-refractivity contribution in [1.82, 2.24) is 4.98 Å². The molecule has 1 amide bonds. The minimum atomic E-state index is -0.496. The number of hydrogen-bond donors (Lipinski definition) is 1. The van der Waals surface area contributed by atoms with Gasteiger partial charge < -0.3 is 15.1 Å². The van der Waals surface area contributed by atoms with E-state index in [4.69, 9.17) is 10.2 Å². The molecule has 0 unspecified atom stereocenters. The van der Waals surface area contributed by atoms with E-state index in [1.165, 1.54) is 0 Å². The summed E-state index contributed by atoms with van der Waals surface area (Å²) in [5.74, 6) is -0.496. The molecular formula is C11H14ClN3O2. The summed E-state index contributed by atoms with van der Waals surface area (Å²) in [4.78, 5) is 17.3. The molecule has 2 N–H and O–H groups in total. The molecule has 0 fully saturated rings. The molecule has 0 aliphatic heterocycles. The zero-order valence-corrected chi connectivity index (χ0v) is 10.5. The quantitative estimate of drug-likeness (QED) is 0.908. The number of hydrogen-bond acceptors (Lipinski definition) is 4. The number of nitrogens with two attached hydrogens (primary N) is 1. The summed E-state index contributed by atoms with van der Waals surface area (Å²) in [5.41, 5.74) is 6.74. The molecule has 2 aromatic rings. The van der Waals surface area contributed by atoms with Crippen molar-refractivity contribution in [2.75, 3.05) is 18.5 Å². The topological polar surface area (TPSA) is 72.4 Å². The van der Waals surface area contributed by atoms with Crippen LogP contribution in [0.15, 0.2) is 22.6 Å². The molecule has 0 saturated carbocycles. The maximum atomic E-state index is 11.2. The fourth-order valence-corrected chi connectivity index (χ4v) is 1.43. The monoisotopic (exact) mass is 255 g/mol. The molecular weight excluding hydrogens is 242 g/mol. The Morgan fingerprint density at radius 3 is 2.82 bits per heavy atom. The van der Waals surface area contributed by atoms with E-state index >= 15 is 0 Å². The first-order chi connectivity index (χ1) is 7.63. The van der Waals surface area contributed by atoms with Gasteiger partial charge >= 0.3 is 0 Å². The van der Waals surface area contributed by atoms with E-state index in [9.17, 15) is 4.79 Å². The molecule has 0 atom stereocenters. The van der Waals surface area contributed by atoms with Crippen LogP contribution in [-0.2, 0) is 0 Å². The van der Waals surface area contributed by atoms with Crippen LogP contribution in [0.2, 0.25) is 0 Å². The maximum absolute atomic E-state index is 11.2. The van der Waals surface area contributed by atoms with Gasteiger partial charge in [-0.05, 0) is 19.1 Å². The number of anilines is 1. The number of carbonyl (C=O) groups excluding carboxylic acids is 1. The lowest BCUT2D eigenvalue weighted by atomic mass is 10.2. The Morgan fingerprint density at radius 2 is 2.24 bits per heavy atom. The van der Waals surface area contributed by atoms with E-state index in [0.29, 0.717) is 22.7 Å². The van der Waals surface area contributed by atoms with Gasteiger partial charge in [-0.2, -0.15) is 4.98 Å². The van der Waals surface area contributed by atoms with Gasteiger partial charge in [0, 0.05) is 13.6 Å². The van der Waals surface area contributed by atoms with Gasteiger partial charge in [-0.25, -0.2) is 0 Å². The Balaban J connectivity index is 0.00000144. The number of carbonyl (C=O) groups is 1. The Kier molecular flexibility index (Phi) is 3.96. The van der Waals surface area contributed by atoms with Gasteiger partial charge in [0.2, 0.25) is 0 Å². The van der Waals surface area contributed by atoms with Crippen molar-refractivity contribution in [3.05, 3.63) is 23.8 Å². The van der Waals surface area contributed by atoms with E-state index in [-0.39, 0.29) is 12.4 Å². The summed E-state index contributed by atoms with van der Waals surface area (Å²) in [5, 5.41) is 0. The molecule has 92 valence electrons. The Hall–Kier alpha value is -1.75. The number of primary amides is 1. The van der Waals surface area contributed by atoms with E-state index in [1.54, 1.807) is 18.2 Å². The van der Waals surface area contributed by atoms with Gasteiger partial charge in [0.25, 0.3) is 11.9 Å². The standard InChI is InChI=1S/C11H13N3O2.ClH/c1-3-14(2)11-13-9-7(10(12)15)5-4-6-8(9)16-11;/h4-6H,3H2,1-2H3,(H2,12,15);1H. The summed E-state index contributed by atoms with van der Waals surface area (Å²) in [6, 6.07) is 5.62. The van der Waals surface area contributed by atoms with Gasteiger partial charge in [0.1, 0.15) is 5.52 Å². The predicted octanol–water partition coefficient (Wildman–Crippen LogP) is 1.80. The van der Waals surface area contributed by atoms with Crippen LogP contribution in [0.25, 0.3) is 11.1 Å². The Labute approximate surface area is 105 Å². The molecule has 1 heterocycles. The third-order valence-corrected chi connectivity index (χ3v) is 2.47. The Morgan fingerprint density at radius 1 is 1.53 bits per heavy atom. The molecule has 1 aromatic heterocycles. The summed E-state index contributed by atoms with van der Waals surface area (Å²) in [6.45, 7) is 2.77. The second-order valence-electron chi connectivity index (χ2n) is 3.53. The average Bonchev–Trinajstić information content (AvgIpc) is 2.70. The minimum absolute atomic E-state index is 0. The van der Waals surface area contributed by atoms with Crippen LogP contribution in [-0.4, -0.2) is 24.5 Å².